The Labute approximate surface area is 114 Å². The lowest BCUT2D eigenvalue weighted by atomic mass is 10.1. The first-order valence-electron chi connectivity index (χ1n) is 6.10. The number of carboxylic acids is 1. The van der Waals surface area contributed by atoms with Crippen LogP contribution in [0, 0.1) is 11.6 Å². The van der Waals surface area contributed by atoms with Crippen molar-refractivity contribution in [2.24, 2.45) is 0 Å². The van der Waals surface area contributed by atoms with E-state index in [-0.39, 0.29) is 31.0 Å². The number of ether oxygens (including phenoxy) is 2. The number of carbonyl (C=O) groups is 1. The van der Waals surface area contributed by atoms with Crippen molar-refractivity contribution in [2.45, 2.75) is 12.6 Å². The average molecular weight is 287 g/mol. The summed E-state index contributed by atoms with van der Waals surface area (Å²) in [5.74, 6) is -2.75. The first-order chi connectivity index (χ1) is 9.52. The summed E-state index contributed by atoms with van der Waals surface area (Å²) < 4.78 is 37.2. The van der Waals surface area contributed by atoms with E-state index in [0.29, 0.717) is 6.54 Å². The Balaban J connectivity index is 2.17. The first kappa shape index (κ1) is 14.7. The molecule has 0 bridgehead atoms. The summed E-state index contributed by atoms with van der Waals surface area (Å²) in [6.07, 6.45) is -0.952. The van der Waals surface area contributed by atoms with Gasteiger partial charge in [-0.05, 0) is 12.1 Å². The summed E-state index contributed by atoms with van der Waals surface area (Å²) in [5, 5.41) is 8.91. The van der Waals surface area contributed by atoms with E-state index >= 15 is 0 Å². The second-order valence-corrected chi connectivity index (χ2v) is 4.47. The molecule has 1 atom stereocenters. The van der Waals surface area contributed by atoms with Gasteiger partial charge in [-0.15, -0.1) is 0 Å². The van der Waals surface area contributed by atoms with Crippen LogP contribution in [0.3, 0.4) is 0 Å². The topological polar surface area (TPSA) is 59.0 Å². The number of aliphatic carboxylic acids is 1. The van der Waals surface area contributed by atoms with Crippen LogP contribution in [0.15, 0.2) is 12.1 Å². The molecule has 1 saturated heterocycles. The van der Waals surface area contributed by atoms with Crippen LogP contribution in [-0.2, 0) is 16.1 Å². The SMILES string of the molecule is COc1ccc(F)c(F)c1CN1CCO[C@H](C(=O)O)C1. The summed E-state index contributed by atoms with van der Waals surface area (Å²) >= 11 is 0. The minimum absolute atomic E-state index is 0.0694. The molecule has 0 unspecified atom stereocenters. The standard InChI is InChI=1S/C13H15F2NO4/c1-19-10-3-2-9(14)12(15)8(10)6-16-4-5-20-11(7-16)13(17)18/h2-3,11H,4-7H2,1H3,(H,17,18)/t11-/m0/s1. The van der Waals surface area contributed by atoms with Crippen LogP contribution in [0.1, 0.15) is 5.56 Å². The zero-order valence-corrected chi connectivity index (χ0v) is 10.9. The van der Waals surface area contributed by atoms with Crippen LogP contribution >= 0.6 is 0 Å². The Morgan fingerprint density at radius 2 is 2.30 bits per heavy atom. The smallest absolute Gasteiger partial charge is 0.334 e. The van der Waals surface area contributed by atoms with Crippen LogP contribution in [0.2, 0.25) is 0 Å². The van der Waals surface area contributed by atoms with Crippen LogP contribution in [0.25, 0.3) is 0 Å². The van der Waals surface area contributed by atoms with E-state index in [4.69, 9.17) is 14.6 Å². The number of halogens is 2. The van der Waals surface area contributed by atoms with Gasteiger partial charge in [-0.2, -0.15) is 0 Å². The van der Waals surface area contributed by atoms with Gasteiger partial charge in [0.2, 0.25) is 0 Å². The molecule has 7 heteroatoms. The second-order valence-electron chi connectivity index (χ2n) is 4.47. The highest BCUT2D eigenvalue weighted by Gasteiger charge is 2.27. The normalized spacial score (nSPS) is 19.9. The highest BCUT2D eigenvalue weighted by Crippen LogP contribution is 2.25. The third-order valence-electron chi connectivity index (χ3n) is 3.18. The number of benzene rings is 1. The van der Waals surface area contributed by atoms with Crippen molar-refractivity contribution in [1.82, 2.24) is 4.90 Å². The number of nitrogens with zero attached hydrogens (tertiary/aromatic N) is 1. The first-order valence-corrected chi connectivity index (χ1v) is 6.10. The van der Waals surface area contributed by atoms with E-state index in [0.717, 1.165) is 6.07 Å². The molecule has 1 aliphatic rings. The van der Waals surface area contributed by atoms with E-state index in [9.17, 15) is 13.6 Å². The Morgan fingerprint density at radius 1 is 1.55 bits per heavy atom. The van der Waals surface area contributed by atoms with Crippen LogP contribution in [0.5, 0.6) is 5.75 Å². The number of carboxylic acid groups (broad SMARTS) is 1. The van der Waals surface area contributed by atoms with Gasteiger partial charge in [0.15, 0.2) is 17.7 Å². The van der Waals surface area contributed by atoms with Crippen molar-refractivity contribution in [2.75, 3.05) is 26.8 Å². The third kappa shape index (κ3) is 3.05. The second kappa shape index (κ2) is 6.15. The van der Waals surface area contributed by atoms with Gasteiger partial charge >= 0.3 is 5.97 Å². The van der Waals surface area contributed by atoms with Gasteiger partial charge < -0.3 is 14.6 Å². The molecule has 110 valence electrons. The van der Waals surface area contributed by atoms with Gasteiger partial charge in [0.25, 0.3) is 0 Å². The van der Waals surface area contributed by atoms with Gasteiger partial charge in [-0.1, -0.05) is 0 Å². The highest BCUT2D eigenvalue weighted by atomic mass is 19.2. The van der Waals surface area contributed by atoms with Crippen molar-refractivity contribution in [1.29, 1.82) is 0 Å². The monoisotopic (exact) mass is 287 g/mol. The van der Waals surface area contributed by atoms with Crippen LogP contribution < -0.4 is 4.74 Å². The zero-order valence-electron chi connectivity index (χ0n) is 10.9. The average Bonchev–Trinajstić information content (AvgIpc) is 2.44. The maximum absolute atomic E-state index is 13.8. The number of hydrogen-bond donors (Lipinski definition) is 1. The molecule has 20 heavy (non-hydrogen) atoms. The lowest BCUT2D eigenvalue weighted by Crippen LogP contribution is -2.45. The highest BCUT2D eigenvalue weighted by molar-refractivity contribution is 5.72. The Morgan fingerprint density at radius 3 is 2.95 bits per heavy atom. The minimum Gasteiger partial charge on any atom is -0.496 e. The quantitative estimate of drug-likeness (QED) is 0.903. The maximum Gasteiger partial charge on any atom is 0.334 e. The Kier molecular flexibility index (Phi) is 4.51. The third-order valence-corrected chi connectivity index (χ3v) is 3.18. The maximum atomic E-state index is 13.8. The number of rotatable bonds is 4. The van der Waals surface area contributed by atoms with Crippen LogP contribution in [0.4, 0.5) is 8.78 Å². The van der Waals surface area contributed by atoms with Crippen molar-refractivity contribution in [3.8, 4) is 5.75 Å². The molecule has 1 fully saturated rings. The van der Waals surface area contributed by atoms with Gasteiger partial charge in [-0.3, -0.25) is 4.90 Å². The summed E-state index contributed by atoms with van der Waals surface area (Å²) in [6, 6.07) is 2.35. The predicted molar refractivity (Wildman–Crippen MR) is 65.6 cm³/mol. The minimum atomic E-state index is -1.07. The van der Waals surface area contributed by atoms with Gasteiger partial charge in [0.05, 0.1) is 13.7 Å². The van der Waals surface area contributed by atoms with Gasteiger partial charge in [0.1, 0.15) is 5.75 Å². The van der Waals surface area contributed by atoms with Crippen molar-refractivity contribution >= 4 is 5.97 Å². The molecule has 1 aromatic carbocycles. The number of methoxy groups -OCH3 is 1. The Bertz CT molecular complexity index is 509. The molecule has 0 amide bonds. The molecule has 2 rings (SSSR count). The van der Waals surface area contributed by atoms with E-state index in [2.05, 4.69) is 0 Å². The lowest BCUT2D eigenvalue weighted by molar-refractivity contribution is -0.156. The summed E-state index contributed by atoms with van der Waals surface area (Å²) in [5.41, 5.74) is 0.0820. The van der Waals surface area contributed by atoms with E-state index in [1.807, 2.05) is 0 Å². The fraction of sp³-hybridized carbons (Fsp3) is 0.462. The fourth-order valence-electron chi connectivity index (χ4n) is 2.13. The van der Waals surface area contributed by atoms with E-state index in [1.54, 1.807) is 4.90 Å². The zero-order chi connectivity index (χ0) is 14.7. The lowest BCUT2D eigenvalue weighted by Gasteiger charge is -2.31. The Hall–Kier alpha value is -1.73. The summed E-state index contributed by atoms with van der Waals surface area (Å²) in [6.45, 7) is 0.869. The molecular weight excluding hydrogens is 272 g/mol. The van der Waals surface area contributed by atoms with Crippen molar-refractivity contribution in [3.05, 3.63) is 29.3 Å². The molecule has 0 radical (unpaired) electrons. The van der Waals surface area contributed by atoms with Crippen molar-refractivity contribution in [3.63, 3.8) is 0 Å². The number of morpholine rings is 1. The fourth-order valence-corrected chi connectivity index (χ4v) is 2.13. The van der Waals surface area contributed by atoms with E-state index in [1.165, 1.54) is 13.2 Å². The number of hydrogen-bond acceptors (Lipinski definition) is 4. The molecule has 1 aliphatic heterocycles. The predicted octanol–water partition coefficient (Wildman–Crippen LogP) is 1.26. The van der Waals surface area contributed by atoms with Gasteiger partial charge in [0, 0.05) is 25.2 Å². The molecule has 0 spiro atoms. The van der Waals surface area contributed by atoms with E-state index < -0.39 is 23.7 Å². The van der Waals surface area contributed by atoms with Crippen LogP contribution in [-0.4, -0.2) is 48.9 Å². The summed E-state index contributed by atoms with van der Waals surface area (Å²) in [7, 11) is 1.37. The summed E-state index contributed by atoms with van der Waals surface area (Å²) in [4.78, 5) is 12.6. The largest absolute Gasteiger partial charge is 0.496 e. The van der Waals surface area contributed by atoms with Gasteiger partial charge in [-0.25, -0.2) is 13.6 Å². The molecule has 0 saturated carbocycles. The molecule has 1 aromatic rings. The molecule has 1 heterocycles. The molecule has 1 N–H and O–H groups in total. The van der Waals surface area contributed by atoms with Crippen molar-refractivity contribution < 1.29 is 28.2 Å². The molecule has 5 nitrogen and oxygen atoms in total. The molecule has 0 aromatic heterocycles. The molecular formula is C13H15F2NO4. The molecule has 0 aliphatic carbocycles.